The van der Waals surface area contributed by atoms with Crippen LogP contribution in [-0.2, 0) is 0 Å². The van der Waals surface area contributed by atoms with Crippen molar-refractivity contribution >= 4 is 29.9 Å². The van der Waals surface area contributed by atoms with Crippen LogP contribution in [0, 0.1) is 15.9 Å². The third kappa shape index (κ3) is 1.67. The molecule has 0 unspecified atom stereocenters. The zero-order chi connectivity index (χ0) is 9.30. The summed E-state index contributed by atoms with van der Waals surface area (Å²) in [6, 6.07) is 1.84. The molecule has 1 aromatic carbocycles. The van der Waals surface area contributed by atoms with Crippen LogP contribution in [0.5, 0.6) is 0 Å². The Hall–Kier alpha value is -0.810. The first-order chi connectivity index (χ1) is 5.52. The first kappa shape index (κ1) is 9.28. The Morgan fingerprint density at radius 1 is 1.58 bits per heavy atom. The van der Waals surface area contributed by atoms with Gasteiger partial charge in [0, 0.05) is 4.90 Å². The van der Waals surface area contributed by atoms with E-state index in [-0.39, 0.29) is 9.92 Å². The molecule has 0 N–H and O–H groups in total. The molecule has 0 fully saturated rings. The van der Waals surface area contributed by atoms with Gasteiger partial charge in [0.15, 0.2) is 0 Å². The highest BCUT2D eigenvalue weighted by Crippen LogP contribution is 2.28. The number of thiol groups is 1. The van der Waals surface area contributed by atoms with Crippen molar-refractivity contribution in [2.75, 3.05) is 0 Å². The van der Waals surface area contributed by atoms with E-state index >= 15 is 0 Å². The lowest BCUT2D eigenvalue weighted by molar-refractivity contribution is -0.384. The molecule has 0 aliphatic heterocycles. The fourth-order valence-electron chi connectivity index (χ4n) is 0.666. The molecule has 12 heavy (non-hydrogen) atoms. The third-order valence-corrected chi connectivity index (χ3v) is 1.86. The summed E-state index contributed by atoms with van der Waals surface area (Å²) in [6.45, 7) is 0. The van der Waals surface area contributed by atoms with Gasteiger partial charge in [0.25, 0.3) is 5.69 Å². The molecular formula is C6H3ClFNO2S. The van der Waals surface area contributed by atoms with Gasteiger partial charge in [-0.15, -0.1) is 12.6 Å². The molecule has 0 atom stereocenters. The first-order valence-electron chi connectivity index (χ1n) is 2.85. The van der Waals surface area contributed by atoms with E-state index in [1.165, 1.54) is 0 Å². The molecule has 0 aliphatic carbocycles. The quantitative estimate of drug-likeness (QED) is 0.437. The van der Waals surface area contributed by atoms with Crippen LogP contribution in [0.2, 0.25) is 5.02 Å². The topological polar surface area (TPSA) is 43.1 Å². The van der Waals surface area contributed by atoms with Crippen molar-refractivity contribution in [3.05, 3.63) is 33.1 Å². The number of hydrogen-bond donors (Lipinski definition) is 1. The second-order valence-electron chi connectivity index (χ2n) is 2.01. The Balaban J connectivity index is 3.33. The number of hydrogen-bond acceptors (Lipinski definition) is 3. The molecule has 0 bridgehead atoms. The molecule has 6 heteroatoms. The molecule has 64 valence electrons. The highest BCUT2D eigenvalue weighted by Gasteiger charge is 2.15. The van der Waals surface area contributed by atoms with Crippen molar-refractivity contribution in [3.63, 3.8) is 0 Å². The summed E-state index contributed by atoms with van der Waals surface area (Å²) < 4.78 is 12.7. The maximum atomic E-state index is 12.7. The highest BCUT2D eigenvalue weighted by atomic mass is 35.5. The molecular weight excluding hydrogens is 205 g/mol. The Bertz CT molecular complexity index is 345. The number of nitrogens with zero attached hydrogens (tertiary/aromatic N) is 1. The molecule has 0 heterocycles. The summed E-state index contributed by atoms with van der Waals surface area (Å²) in [4.78, 5) is 9.45. The summed E-state index contributed by atoms with van der Waals surface area (Å²) in [5, 5.41) is 10.1. The number of halogens is 2. The maximum absolute atomic E-state index is 12.7. The van der Waals surface area contributed by atoms with Crippen LogP contribution in [0.4, 0.5) is 10.1 Å². The van der Waals surface area contributed by atoms with E-state index in [4.69, 9.17) is 11.6 Å². The van der Waals surface area contributed by atoms with Crippen LogP contribution in [0.15, 0.2) is 17.0 Å². The molecule has 0 aliphatic rings. The van der Waals surface area contributed by atoms with Gasteiger partial charge >= 0.3 is 0 Å². The van der Waals surface area contributed by atoms with Crippen LogP contribution in [0.1, 0.15) is 0 Å². The van der Waals surface area contributed by atoms with Crippen LogP contribution in [0.25, 0.3) is 0 Å². The van der Waals surface area contributed by atoms with Crippen molar-refractivity contribution in [2.45, 2.75) is 4.90 Å². The van der Waals surface area contributed by atoms with Crippen molar-refractivity contribution in [2.24, 2.45) is 0 Å². The average molecular weight is 208 g/mol. The second-order valence-corrected chi connectivity index (χ2v) is 2.90. The fourth-order valence-corrected chi connectivity index (χ4v) is 1.17. The molecule has 0 amide bonds. The minimum absolute atomic E-state index is 0.00870. The number of nitro benzene ring substituents is 1. The van der Waals surface area contributed by atoms with Gasteiger partial charge in [-0.2, -0.15) is 0 Å². The predicted molar refractivity (Wildman–Crippen MR) is 45.3 cm³/mol. The number of nitro groups is 1. The molecule has 0 radical (unpaired) electrons. The predicted octanol–water partition coefficient (Wildman–Crippen LogP) is 2.68. The Kier molecular flexibility index (Phi) is 2.54. The lowest BCUT2D eigenvalue weighted by atomic mass is 10.3. The van der Waals surface area contributed by atoms with Gasteiger partial charge < -0.3 is 0 Å². The van der Waals surface area contributed by atoms with E-state index in [1.54, 1.807) is 0 Å². The molecule has 0 spiro atoms. The zero-order valence-electron chi connectivity index (χ0n) is 5.62. The minimum atomic E-state index is -0.755. The van der Waals surface area contributed by atoms with E-state index in [1.807, 2.05) is 0 Å². The lowest BCUT2D eigenvalue weighted by Gasteiger charge is -1.97. The summed E-state index contributed by atoms with van der Waals surface area (Å²) in [6.07, 6.45) is 0. The summed E-state index contributed by atoms with van der Waals surface area (Å²) >= 11 is 9.14. The first-order valence-corrected chi connectivity index (χ1v) is 3.67. The van der Waals surface area contributed by atoms with E-state index < -0.39 is 16.4 Å². The van der Waals surface area contributed by atoms with Gasteiger partial charge in [-0.05, 0) is 6.07 Å². The van der Waals surface area contributed by atoms with E-state index in [9.17, 15) is 14.5 Å². The Labute approximate surface area is 77.7 Å². The monoisotopic (exact) mass is 207 g/mol. The molecule has 0 saturated heterocycles. The van der Waals surface area contributed by atoms with Gasteiger partial charge in [0.2, 0.25) is 0 Å². The van der Waals surface area contributed by atoms with Crippen LogP contribution >= 0.6 is 24.2 Å². The van der Waals surface area contributed by atoms with Gasteiger partial charge in [0.05, 0.1) is 11.0 Å². The van der Waals surface area contributed by atoms with Crippen molar-refractivity contribution < 1.29 is 9.31 Å². The molecule has 1 aromatic rings. The van der Waals surface area contributed by atoms with Gasteiger partial charge in [-0.3, -0.25) is 10.1 Å². The van der Waals surface area contributed by atoms with Crippen LogP contribution in [0.3, 0.4) is 0 Å². The van der Waals surface area contributed by atoms with Crippen LogP contribution in [-0.4, -0.2) is 4.92 Å². The molecule has 3 nitrogen and oxygen atoms in total. The van der Waals surface area contributed by atoms with E-state index in [0.717, 1.165) is 12.1 Å². The smallest absolute Gasteiger partial charge is 0.258 e. The summed E-state index contributed by atoms with van der Waals surface area (Å²) in [5.41, 5.74) is -0.452. The highest BCUT2D eigenvalue weighted by molar-refractivity contribution is 7.80. The zero-order valence-corrected chi connectivity index (χ0v) is 7.27. The van der Waals surface area contributed by atoms with Gasteiger partial charge in [-0.25, -0.2) is 4.39 Å². The van der Waals surface area contributed by atoms with Crippen molar-refractivity contribution in [1.82, 2.24) is 0 Å². The standard InChI is InChI=1S/C6H3ClFNO2S/c7-3-1-6(12)4(8)2-5(3)9(10)11/h1-2,12H. The van der Waals surface area contributed by atoms with E-state index in [2.05, 4.69) is 12.6 Å². The number of rotatable bonds is 1. The van der Waals surface area contributed by atoms with Crippen molar-refractivity contribution in [3.8, 4) is 0 Å². The van der Waals surface area contributed by atoms with E-state index in [0.29, 0.717) is 0 Å². The number of benzene rings is 1. The SMILES string of the molecule is O=[N+]([O-])c1cc(F)c(S)cc1Cl. The van der Waals surface area contributed by atoms with Crippen LogP contribution < -0.4 is 0 Å². The molecule has 1 rings (SSSR count). The molecule has 0 saturated carbocycles. The van der Waals surface area contributed by atoms with Gasteiger partial charge in [0.1, 0.15) is 10.8 Å². The van der Waals surface area contributed by atoms with Gasteiger partial charge in [-0.1, -0.05) is 11.6 Å². The second kappa shape index (κ2) is 3.28. The average Bonchev–Trinajstić information content (AvgIpc) is 1.96. The third-order valence-electron chi connectivity index (χ3n) is 1.21. The Morgan fingerprint density at radius 2 is 2.17 bits per heavy atom. The lowest BCUT2D eigenvalue weighted by Crippen LogP contribution is -1.90. The minimum Gasteiger partial charge on any atom is -0.258 e. The summed E-state index contributed by atoms with van der Waals surface area (Å²) in [7, 11) is 0. The summed E-state index contributed by atoms with van der Waals surface area (Å²) in [5.74, 6) is -0.755. The maximum Gasteiger partial charge on any atom is 0.290 e. The fraction of sp³-hybridized carbons (Fsp3) is 0. The van der Waals surface area contributed by atoms with Crippen molar-refractivity contribution in [1.29, 1.82) is 0 Å². The Morgan fingerprint density at radius 3 is 2.67 bits per heavy atom. The normalized spacial score (nSPS) is 9.92. The molecule has 0 aromatic heterocycles. The largest absolute Gasteiger partial charge is 0.290 e.